The average molecular weight is 603 g/mol. The quantitative estimate of drug-likeness (QED) is 0.198. The average Bonchev–Trinajstić information content (AvgIpc) is 3.65. The lowest BCUT2D eigenvalue weighted by molar-refractivity contribution is -0.248. The normalized spacial score (nSPS) is 24.1. The molecule has 0 spiro atoms. The van der Waals surface area contributed by atoms with Gasteiger partial charge in [0.15, 0.2) is 5.82 Å². The van der Waals surface area contributed by atoms with Crippen LogP contribution in [0.5, 0.6) is 5.75 Å². The Morgan fingerprint density at radius 3 is 2.49 bits per heavy atom. The van der Waals surface area contributed by atoms with Crippen LogP contribution in [0, 0.1) is 5.92 Å². The second-order valence-electron chi connectivity index (χ2n) is 11.7. The molecule has 0 radical (unpaired) electrons. The fourth-order valence-corrected chi connectivity index (χ4v) is 6.73. The van der Waals surface area contributed by atoms with Crippen LogP contribution in [0.3, 0.4) is 0 Å². The molecular formula is C34H39ClN4O4. The largest absolute Gasteiger partial charge is 0.497 e. The van der Waals surface area contributed by atoms with Gasteiger partial charge in [0, 0.05) is 30.3 Å². The lowest BCUT2D eigenvalue weighted by atomic mass is 9.91. The first-order chi connectivity index (χ1) is 20.9. The van der Waals surface area contributed by atoms with Crippen molar-refractivity contribution in [2.24, 2.45) is 5.92 Å². The van der Waals surface area contributed by atoms with Crippen molar-refractivity contribution < 1.29 is 19.3 Å². The second kappa shape index (κ2) is 12.7. The number of nitrogens with zero attached hydrogens (tertiary/aromatic N) is 4. The first-order valence-electron chi connectivity index (χ1n) is 15.2. The molecule has 1 unspecified atom stereocenters. The van der Waals surface area contributed by atoms with Crippen LogP contribution in [0.4, 0.5) is 5.82 Å². The van der Waals surface area contributed by atoms with Gasteiger partial charge in [-0.3, -0.25) is 4.98 Å². The molecule has 4 atom stereocenters. The maximum atomic E-state index is 12.1. The molecule has 0 bridgehead atoms. The maximum absolute atomic E-state index is 12.1. The molecule has 1 saturated carbocycles. The van der Waals surface area contributed by atoms with Crippen LogP contribution in [0.2, 0.25) is 5.28 Å². The topological polar surface area (TPSA) is 89.8 Å². The highest BCUT2D eigenvalue weighted by atomic mass is 35.5. The SMILES string of the molecule is CC[C@H]1OC(O)(c2cnc3c(N(Cc4ccc(OC)cc4)C4CCCC4)nc(Cl)nc3c2)[C@H](OCc2ccccc2)[C@@H]1C. The van der Waals surface area contributed by atoms with E-state index in [4.69, 9.17) is 35.8 Å². The molecule has 1 saturated heterocycles. The number of rotatable bonds is 10. The molecule has 0 amide bonds. The number of fused-ring (bicyclic) bond motifs is 1. The van der Waals surface area contributed by atoms with E-state index in [-0.39, 0.29) is 17.3 Å². The summed E-state index contributed by atoms with van der Waals surface area (Å²) in [5.74, 6) is -0.220. The molecule has 2 fully saturated rings. The number of halogens is 1. The zero-order valence-electron chi connectivity index (χ0n) is 24.9. The third-order valence-corrected chi connectivity index (χ3v) is 9.08. The molecule has 2 aliphatic rings. The summed E-state index contributed by atoms with van der Waals surface area (Å²) in [5, 5.41) is 12.2. The number of aromatic nitrogens is 3. The number of hydrogen-bond donors (Lipinski definition) is 1. The number of hydrogen-bond acceptors (Lipinski definition) is 8. The van der Waals surface area contributed by atoms with Crippen LogP contribution in [-0.4, -0.2) is 45.4 Å². The van der Waals surface area contributed by atoms with Gasteiger partial charge in [-0.15, -0.1) is 0 Å². The molecule has 9 heteroatoms. The lowest BCUT2D eigenvalue weighted by Crippen LogP contribution is -2.40. The van der Waals surface area contributed by atoms with E-state index in [1.165, 1.54) is 12.8 Å². The number of ether oxygens (including phenoxy) is 3. The third-order valence-electron chi connectivity index (χ3n) is 8.91. The van der Waals surface area contributed by atoms with Crippen molar-refractivity contribution in [2.75, 3.05) is 12.0 Å². The number of benzene rings is 2. The van der Waals surface area contributed by atoms with Gasteiger partial charge in [0.05, 0.1) is 25.3 Å². The van der Waals surface area contributed by atoms with E-state index in [1.807, 2.05) is 48.5 Å². The molecule has 1 N–H and O–H groups in total. The number of pyridine rings is 1. The molecule has 6 rings (SSSR count). The molecule has 43 heavy (non-hydrogen) atoms. The molecule has 3 heterocycles. The Balaban J connectivity index is 1.36. The van der Waals surface area contributed by atoms with Gasteiger partial charge in [-0.2, -0.15) is 4.98 Å². The van der Waals surface area contributed by atoms with Gasteiger partial charge < -0.3 is 24.2 Å². The number of aliphatic hydroxyl groups is 1. The zero-order chi connectivity index (χ0) is 30.0. The highest BCUT2D eigenvalue weighted by molar-refractivity contribution is 6.28. The molecule has 8 nitrogen and oxygen atoms in total. The fraction of sp³-hybridized carbons (Fsp3) is 0.441. The maximum Gasteiger partial charge on any atom is 0.225 e. The molecule has 2 aromatic carbocycles. The van der Waals surface area contributed by atoms with Crippen LogP contribution >= 0.6 is 11.6 Å². The van der Waals surface area contributed by atoms with Crippen molar-refractivity contribution in [1.82, 2.24) is 15.0 Å². The first-order valence-corrected chi connectivity index (χ1v) is 15.6. The minimum absolute atomic E-state index is 0.0405. The van der Waals surface area contributed by atoms with Gasteiger partial charge >= 0.3 is 0 Å². The Morgan fingerprint density at radius 2 is 1.79 bits per heavy atom. The van der Waals surface area contributed by atoms with Crippen molar-refractivity contribution in [2.45, 2.75) is 83.1 Å². The smallest absolute Gasteiger partial charge is 0.225 e. The minimum Gasteiger partial charge on any atom is -0.497 e. The Hall–Kier alpha value is -3.30. The van der Waals surface area contributed by atoms with E-state index >= 15 is 0 Å². The summed E-state index contributed by atoms with van der Waals surface area (Å²) >= 11 is 6.57. The Bertz CT molecular complexity index is 1530. The lowest BCUT2D eigenvalue weighted by Gasteiger charge is -2.32. The second-order valence-corrected chi connectivity index (χ2v) is 12.0. The van der Waals surface area contributed by atoms with Crippen molar-refractivity contribution in [1.29, 1.82) is 0 Å². The van der Waals surface area contributed by atoms with Crippen LogP contribution < -0.4 is 9.64 Å². The van der Waals surface area contributed by atoms with Gasteiger partial charge in [0.25, 0.3) is 0 Å². The monoisotopic (exact) mass is 602 g/mol. The summed E-state index contributed by atoms with van der Waals surface area (Å²) in [6.07, 6.45) is 6.13. The molecule has 1 aliphatic carbocycles. The summed E-state index contributed by atoms with van der Waals surface area (Å²) in [6.45, 7) is 5.13. The standard InChI is InChI=1S/C34H39ClN4O4/c1-4-29-22(2)31(42-21-24-10-6-5-7-11-24)34(40,43-29)25-18-28-30(36-19-25)32(38-33(35)37-28)39(26-12-8-9-13-26)20-23-14-16-27(41-3)17-15-23/h5-7,10-11,14-19,22,26,29,31,40H,4,8-9,12-13,20-21H2,1-3H3/t22-,29-,31-,34?/m1/s1. The van der Waals surface area contributed by atoms with Crippen molar-refractivity contribution in [3.63, 3.8) is 0 Å². The van der Waals surface area contributed by atoms with E-state index in [0.29, 0.717) is 41.6 Å². The summed E-state index contributed by atoms with van der Waals surface area (Å²) in [7, 11) is 1.67. The van der Waals surface area contributed by atoms with Crippen LogP contribution in [0.25, 0.3) is 11.0 Å². The Kier molecular flexibility index (Phi) is 8.82. The fourth-order valence-electron chi connectivity index (χ4n) is 6.56. The third kappa shape index (κ3) is 6.07. The summed E-state index contributed by atoms with van der Waals surface area (Å²) in [5.41, 5.74) is 3.85. The van der Waals surface area contributed by atoms with Gasteiger partial charge in [-0.25, -0.2) is 4.98 Å². The van der Waals surface area contributed by atoms with E-state index in [2.05, 4.69) is 35.9 Å². The Labute approximate surface area is 258 Å². The number of anilines is 1. The predicted molar refractivity (Wildman–Crippen MR) is 167 cm³/mol. The van der Waals surface area contributed by atoms with E-state index in [0.717, 1.165) is 36.1 Å². The summed E-state index contributed by atoms with van der Waals surface area (Å²) in [4.78, 5) is 16.4. The summed E-state index contributed by atoms with van der Waals surface area (Å²) < 4.78 is 18.1. The molecule has 1 aliphatic heterocycles. The molecule has 4 aromatic rings. The first kappa shape index (κ1) is 29.8. The summed E-state index contributed by atoms with van der Waals surface area (Å²) in [6, 6.07) is 20.2. The van der Waals surface area contributed by atoms with E-state index < -0.39 is 11.9 Å². The van der Waals surface area contributed by atoms with Gasteiger partial charge in [-0.1, -0.05) is 69.2 Å². The molecule has 226 valence electrons. The van der Waals surface area contributed by atoms with E-state index in [1.54, 1.807) is 13.3 Å². The van der Waals surface area contributed by atoms with Gasteiger partial charge in [-0.05, 0) is 60.2 Å². The molecule has 2 aromatic heterocycles. The zero-order valence-corrected chi connectivity index (χ0v) is 25.7. The van der Waals surface area contributed by atoms with Crippen molar-refractivity contribution in [3.05, 3.63) is 88.8 Å². The van der Waals surface area contributed by atoms with Crippen molar-refractivity contribution in [3.8, 4) is 5.75 Å². The highest BCUT2D eigenvalue weighted by Crippen LogP contribution is 2.45. The van der Waals surface area contributed by atoms with Gasteiger partial charge in [0.1, 0.15) is 17.4 Å². The van der Waals surface area contributed by atoms with Crippen molar-refractivity contribution >= 4 is 28.5 Å². The van der Waals surface area contributed by atoms with E-state index in [9.17, 15) is 5.11 Å². The Morgan fingerprint density at radius 1 is 1.05 bits per heavy atom. The van der Waals surface area contributed by atoms with Gasteiger partial charge in [0.2, 0.25) is 11.1 Å². The predicted octanol–water partition coefficient (Wildman–Crippen LogP) is 6.81. The number of methoxy groups -OCH3 is 1. The van der Waals surface area contributed by atoms with Crippen LogP contribution in [0.15, 0.2) is 66.9 Å². The molecular weight excluding hydrogens is 564 g/mol. The minimum atomic E-state index is -1.69. The van der Waals surface area contributed by atoms with Crippen LogP contribution in [0.1, 0.15) is 62.6 Å². The van der Waals surface area contributed by atoms with Crippen LogP contribution in [-0.2, 0) is 28.4 Å². The highest BCUT2D eigenvalue weighted by Gasteiger charge is 2.54.